The van der Waals surface area contributed by atoms with E-state index in [1.807, 2.05) is 26.8 Å². The van der Waals surface area contributed by atoms with Crippen LogP contribution >= 0.6 is 0 Å². The Kier molecular flexibility index (Phi) is 11.3. The number of fused-ring (bicyclic) bond motifs is 4. The Morgan fingerprint density at radius 1 is 0.649 bits per heavy atom. The Hall–Kier alpha value is -6.63. The van der Waals surface area contributed by atoms with Crippen molar-refractivity contribution >= 4 is 27.9 Å². The number of nitrogens with zero attached hydrogens (tertiary/aromatic N) is 5. The average Bonchev–Trinajstić information content (AvgIpc) is 3.55. The number of hydrogen-bond donors (Lipinski definition) is 1. The molecule has 0 saturated heterocycles. The third kappa shape index (κ3) is 9.43. The maximum atomic E-state index is 13.4. The first kappa shape index (κ1) is 38.6. The fourth-order valence-corrected chi connectivity index (χ4v) is 6.55. The number of benzene rings is 4. The summed E-state index contributed by atoms with van der Waals surface area (Å²) in [4.78, 5) is 49.2. The van der Waals surface area contributed by atoms with E-state index in [0.717, 1.165) is 30.9 Å². The van der Waals surface area contributed by atoms with Gasteiger partial charge in [-0.3, -0.25) is 18.7 Å². The van der Waals surface area contributed by atoms with Crippen LogP contribution in [0.4, 0.5) is 13.6 Å². The highest BCUT2D eigenvalue weighted by atomic mass is 19.1. The highest BCUT2D eigenvalue weighted by Gasteiger charge is 2.25. The molecule has 4 aromatic carbocycles. The van der Waals surface area contributed by atoms with Crippen molar-refractivity contribution in [3.63, 3.8) is 0 Å². The fourth-order valence-electron chi connectivity index (χ4n) is 6.55. The largest absolute Gasteiger partial charge is 0.444 e. The number of nitrogens with one attached hydrogen (secondary N) is 1. The van der Waals surface area contributed by atoms with Crippen LogP contribution in [0.5, 0.6) is 0 Å². The van der Waals surface area contributed by atoms with Gasteiger partial charge in [-0.05, 0) is 93.6 Å². The Morgan fingerprint density at radius 2 is 1.16 bits per heavy atom. The summed E-state index contributed by atoms with van der Waals surface area (Å²) < 4.78 is 35.4. The van der Waals surface area contributed by atoms with Gasteiger partial charge in [0.1, 0.15) is 28.9 Å². The van der Waals surface area contributed by atoms with Gasteiger partial charge in [-0.1, -0.05) is 35.8 Å². The van der Waals surface area contributed by atoms with Crippen molar-refractivity contribution in [2.45, 2.75) is 52.3 Å². The molecule has 0 spiro atoms. The standard InChI is InChI=1S/C25H24FN3O3.C20H16FN3O/c1-25(2,3)32-24(31)28-12-11-22-27-21-16-18(8-7-17-5-4-6-19(26)15-17)9-10-20(21)23(30)29(22)14-13-28;21-16-3-1-2-14(12-16)4-5-15-6-7-17-18(13-15)23-19-8-9-22-10-11-24(19)20(17)25/h4-6,9-10,15-16H,11-14H2,1-3H3;1-3,6-7,12-13,22H,8-11H2. The molecule has 4 heterocycles. The first-order valence-corrected chi connectivity index (χ1v) is 18.7. The lowest BCUT2D eigenvalue weighted by molar-refractivity contribution is 0.0254. The van der Waals surface area contributed by atoms with Gasteiger partial charge in [0.15, 0.2) is 0 Å². The number of carbonyl (C=O) groups is 1. The van der Waals surface area contributed by atoms with E-state index in [-0.39, 0.29) is 22.8 Å². The molecule has 0 bridgehead atoms. The van der Waals surface area contributed by atoms with Crippen molar-refractivity contribution < 1.29 is 18.3 Å². The monoisotopic (exact) mass is 766 g/mol. The molecule has 0 aliphatic carbocycles. The van der Waals surface area contributed by atoms with Gasteiger partial charge in [0, 0.05) is 74.4 Å². The Balaban J connectivity index is 0.000000179. The van der Waals surface area contributed by atoms with E-state index < -0.39 is 11.7 Å². The molecule has 2 aliphatic rings. The van der Waals surface area contributed by atoms with Crippen LogP contribution in [0.25, 0.3) is 21.8 Å². The summed E-state index contributed by atoms with van der Waals surface area (Å²) in [5.74, 6) is 12.7. The number of ether oxygens (including phenoxy) is 1. The van der Waals surface area contributed by atoms with Crippen LogP contribution < -0.4 is 16.4 Å². The van der Waals surface area contributed by atoms with Crippen LogP contribution in [0, 0.1) is 35.3 Å². The zero-order valence-corrected chi connectivity index (χ0v) is 31.9. The van der Waals surface area contributed by atoms with Gasteiger partial charge >= 0.3 is 6.09 Å². The first-order valence-electron chi connectivity index (χ1n) is 18.7. The maximum absolute atomic E-state index is 13.4. The molecule has 2 aromatic heterocycles. The smallest absolute Gasteiger partial charge is 0.410 e. The van der Waals surface area contributed by atoms with Gasteiger partial charge in [-0.2, -0.15) is 0 Å². The molecule has 0 atom stereocenters. The topological polar surface area (TPSA) is 111 Å². The Bertz CT molecular complexity index is 2770. The van der Waals surface area contributed by atoms with Gasteiger partial charge in [0.05, 0.1) is 21.8 Å². The molecule has 6 aromatic rings. The van der Waals surface area contributed by atoms with Crippen molar-refractivity contribution in [2.75, 3.05) is 26.2 Å². The van der Waals surface area contributed by atoms with Gasteiger partial charge in [-0.25, -0.2) is 23.5 Å². The number of hydrogen-bond acceptors (Lipinski definition) is 7. The molecule has 8 rings (SSSR count). The molecule has 1 N–H and O–H groups in total. The maximum Gasteiger partial charge on any atom is 0.410 e. The summed E-state index contributed by atoms with van der Waals surface area (Å²) >= 11 is 0. The lowest BCUT2D eigenvalue weighted by Crippen LogP contribution is -2.38. The summed E-state index contributed by atoms with van der Waals surface area (Å²) in [5.41, 5.74) is 3.10. The first-order chi connectivity index (χ1) is 27.4. The van der Waals surface area contributed by atoms with Gasteiger partial charge in [0.25, 0.3) is 11.1 Å². The third-order valence-electron chi connectivity index (χ3n) is 9.31. The highest BCUT2D eigenvalue weighted by molar-refractivity contribution is 5.80. The van der Waals surface area contributed by atoms with Gasteiger partial charge in [0.2, 0.25) is 0 Å². The molecule has 57 heavy (non-hydrogen) atoms. The van der Waals surface area contributed by atoms with E-state index in [2.05, 4.69) is 34.0 Å². The highest BCUT2D eigenvalue weighted by Crippen LogP contribution is 2.17. The minimum absolute atomic E-state index is 0.00617. The molecular weight excluding hydrogens is 727 g/mol. The normalized spacial score (nSPS) is 13.7. The summed E-state index contributed by atoms with van der Waals surface area (Å²) in [6, 6.07) is 22.9. The number of halogens is 2. The van der Waals surface area contributed by atoms with Crippen LogP contribution in [0.2, 0.25) is 0 Å². The van der Waals surface area contributed by atoms with Gasteiger partial charge in [-0.15, -0.1) is 0 Å². The lowest BCUT2D eigenvalue weighted by Gasteiger charge is -2.26. The second-order valence-corrected chi connectivity index (χ2v) is 14.7. The predicted octanol–water partition coefficient (Wildman–Crippen LogP) is 5.81. The molecule has 1 amide bonds. The summed E-state index contributed by atoms with van der Waals surface area (Å²) in [7, 11) is 0. The van der Waals surface area contributed by atoms with Crippen molar-refractivity contribution in [3.05, 3.63) is 151 Å². The third-order valence-corrected chi connectivity index (χ3v) is 9.31. The second kappa shape index (κ2) is 16.6. The molecule has 0 fully saturated rings. The van der Waals surface area contributed by atoms with Crippen molar-refractivity contribution in [3.8, 4) is 23.7 Å². The minimum Gasteiger partial charge on any atom is -0.444 e. The molecule has 288 valence electrons. The molecule has 0 saturated carbocycles. The number of amides is 1. The molecule has 10 nitrogen and oxygen atoms in total. The summed E-state index contributed by atoms with van der Waals surface area (Å²) in [6.07, 6.45) is 0.784. The van der Waals surface area contributed by atoms with Crippen LogP contribution in [-0.2, 0) is 30.7 Å². The molecule has 0 unspecified atom stereocenters. The van der Waals surface area contributed by atoms with Crippen LogP contribution in [0.1, 0.15) is 54.7 Å². The Morgan fingerprint density at radius 3 is 1.68 bits per heavy atom. The van der Waals surface area contributed by atoms with Crippen molar-refractivity contribution in [2.24, 2.45) is 0 Å². The molecular formula is C45H40F2N6O4. The van der Waals surface area contributed by atoms with Crippen LogP contribution in [0.3, 0.4) is 0 Å². The van der Waals surface area contributed by atoms with Crippen molar-refractivity contribution in [1.29, 1.82) is 0 Å². The zero-order chi connectivity index (χ0) is 40.1. The molecule has 0 radical (unpaired) electrons. The van der Waals surface area contributed by atoms with E-state index in [1.165, 1.54) is 24.3 Å². The second-order valence-electron chi connectivity index (χ2n) is 14.7. The van der Waals surface area contributed by atoms with Crippen LogP contribution in [0.15, 0.2) is 94.5 Å². The molecule has 12 heteroatoms. The molecule has 2 aliphatic heterocycles. The number of carbonyl (C=O) groups excluding carboxylic acids is 1. The van der Waals surface area contributed by atoms with E-state index in [4.69, 9.17) is 9.72 Å². The van der Waals surface area contributed by atoms with E-state index >= 15 is 0 Å². The van der Waals surface area contributed by atoms with E-state index in [9.17, 15) is 23.2 Å². The summed E-state index contributed by atoms with van der Waals surface area (Å²) in [6.45, 7) is 8.86. The lowest BCUT2D eigenvalue weighted by atomic mass is 10.1. The summed E-state index contributed by atoms with van der Waals surface area (Å²) in [5, 5.41) is 4.37. The zero-order valence-electron chi connectivity index (χ0n) is 31.9. The van der Waals surface area contributed by atoms with Gasteiger partial charge < -0.3 is 15.0 Å². The Labute approximate surface area is 328 Å². The predicted molar refractivity (Wildman–Crippen MR) is 215 cm³/mol. The number of aromatic nitrogens is 4. The quantitative estimate of drug-likeness (QED) is 0.195. The average molecular weight is 767 g/mol. The fraction of sp³-hybridized carbons (Fsp3) is 0.267. The SMILES string of the molecule is CC(C)(C)OC(=O)N1CCc2nc3cc(C#Cc4cccc(F)c4)ccc3c(=O)n2CC1.O=c1c2ccc(C#Cc3cccc(F)c3)cc2nc2n1CCNCC2. The minimum atomic E-state index is -0.580. The van der Waals surface area contributed by atoms with Crippen molar-refractivity contribution in [1.82, 2.24) is 29.3 Å². The van der Waals surface area contributed by atoms with E-state index in [1.54, 1.807) is 68.6 Å². The van der Waals surface area contributed by atoms with E-state index in [0.29, 0.717) is 76.9 Å². The van der Waals surface area contributed by atoms with Crippen LogP contribution in [-0.4, -0.2) is 61.9 Å². The number of rotatable bonds is 0.